The number of aliphatic hydroxyl groups is 1. The molecule has 2 aromatic rings. The third-order valence-corrected chi connectivity index (χ3v) is 2.73. The van der Waals surface area contributed by atoms with Crippen LogP contribution in [0.5, 0.6) is 0 Å². The van der Waals surface area contributed by atoms with Crippen molar-refractivity contribution in [3.8, 4) is 0 Å². The van der Waals surface area contributed by atoms with E-state index in [9.17, 15) is 5.11 Å². The summed E-state index contributed by atoms with van der Waals surface area (Å²) in [5.41, 5.74) is 0.758. The van der Waals surface area contributed by atoms with Crippen LogP contribution in [0.2, 0.25) is 5.02 Å². The SMILES string of the molecule is CCn1ccnc1C(O)c1cccc(Cl)c1. The van der Waals surface area contributed by atoms with E-state index in [1.807, 2.05) is 29.8 Å². The molecule has 1 aromatic heterocycles. The fourth-order valence-electron chi connectivity index (χ4n) is 1.66. The average molecular weight is 237 g/mol. The van der Waals surface area contributed by atoms with Crippen molar-refractivity contribution in [2.75, 3.05) is 0 Å². The van der Waals surface area contributed by atoms with E-state index < -0.39 is 6.10 Å². The van der Waals surface area contributed by atoms with Crippen molar-refractivity contribution in [3.05, 3.63) is 53.1 Å². The predicted octanol–water partition coefficient (Wildman–Crippen LogP) is 2.64. The second-order valence-electron chi connectivity index (χ2n) is 3.53. The van der Waals surface area contributed by atoms with Gasteiger partial charge in [0.05, 0.1) is 0 Å². The Morgan fingerprint density at radius 1 is 1.50 bits per heavy atom. The Bertz CT molecular complexity index is 481. The second kappa shape index (κ2) is 4.68. The highest BCUT2D eigenvalue weighted by molar-refractivity contribution is 6.30. The van der Waals surface area contributed by atoms with Crippen LogP contribution < -0.4 is 0 Å². The van der Waals surface area contributed by atoms with Gasteiger partial charge in [0.25, 0.3) is 0 Å². The summed E-state index contributed by atoms with van der Waals surface area (Å²) in [6.45, 7) is 2.79. The van der Waals surface area contributed by atoms with Crippen molar-refractivity contribution >= 4 is 11.6 Å². The van der Waals surface area contributed by atoms with E-state index in [0.717, 1.165) is 12.1 Å². The lowest BCUT2D eigenvalue weighted by atomic mass is 10.1. The fourth-order valence-corrected chi connectivity index (χ4v) is 1.86. The Morgan fingerprint density at radius 3 is 3.00 bits per heavy atom. The van der Waals surface area contributed by atoms with Crippen LogP contribution >= 0.6 is 11.6 Å². The van der Waals surface area contributed by atoms with E-state index in [4.69, 9.17) is 11.6 Å². The van der Waals surface area contributed by atoms with E-state index in [0.29, 0.717) is 10.8 Å². The summed E-state index contributed by atoms with van der Waals surface area (Å²) in [5.74, 6) is 0.643. The van der Waals surface area contributed by atoms with Crippen LogP contribution in [0.15, 0.2) is 36.7 Å². The summed E-state index contributed by atoms with van der Waals surface area (Å²) in [6.07, 6.45) is 2.81. The number of aromatic nitrogens is 2. The van der Waals surface area contributed by atoms with Crippen LogP contribution in [0.4, 0.5) is 0 Å². The molecule has 0 bridgehead atoms. The summed E-state index contributed by atoms with van der Waals surface area (Å²) in [4.78, 5) is 4.16. The summed E-state index contributed by atoms with van der Waals surface area (Å²) < 4.78 is 1.91. The van der Waals surface area contributed by atoms with Gasteiger partial charge in [0.2, 0.25) is 0 Å². The number of rotatable bonds is 3. The van der Waals surface area contributed by atoms with Gasteiger partial charge in [0, 0.05) is 24.0 Å². The zero-order valence-corrected chi connectivity index (χ0v) is 9.72. The minimum absolute atomic E-state index is 0.617. The van der Waals surface area contributed by atoms with E-state index >= 15 is 0 Å². The molecule has 1 unspecified atom stereocenters. The van der Waals surface area contributed by atoms with Crippen LogP contribution in [0, 0.1) is 0 Å². The first kappa shape index (κ1) is 11.2. The molecule has 0 fully saturated rings. The van der Waals surface area contributed by atoms with E-state index in [-0.39, 0.29) is 0 Å². The molecule has 1 atom stereocenters. The summed E-state index contributed by atoms with van der Waals surface area (Å²) in [7, 11) is 0. The van der Waals surface area contributed by atoms with Crippen LogP contribution in [-0.4, -0.2) is 14.7 Å². The molecule has 4 heteroatoms. The maximum Gasteiger partial charge on any atom is 0.142 e. The summed E-state index contributed by atoms with van der Waals surface area (Å²) >= 11 is 5.89. The van der Waals surface area contributed by atoms with Crippen LogP contribution in [-0.2, 0) is 6.54 Å². The Balaban J connectivity index is 2.35. The topological polar surface area (TPSA) is 38.0 Å². The maximum absolute atomic E-state index is 10.2. The van der Waals surface area contributed by atoms with Crippen molar-refractivity contribution in [1.82, 2.24) is 9.55 Å². The molecule has 0 aliphatic carbocycles. The number of aryl methyl sites for hydroxylation is 1. The molecule has 84 valence electrons. The zero-order chi connectivity index (χ0) is 11.5. The summed E-state index contributed by atoms with van der Waals surface area (Å²) in [5, 5.41) is 10.8. The first-order chi connectivity index (χ1) is 7.72. The quantitative estimate of drug-likeness (QED) is 0.890. The average Bonchev–Trinajstić information content (AvgIpc) is 2.76. The highest BCUT2D eigenvalue weighted by atomic mass is 35.5. The number of benzene rings is 1. The molecule has 2 rings (SSSR count). The van der Waals surface area contributed by atoms with Gasteiger partial charge in [-0.25, -0.2) is 4.98 Å². The Morgan fingerprint density at radius 2 is 2.31 bits per heavy atom. The monoisotopic (exact) mass is 236 g/mol. The molecular formula is C12H13ClN2O. The van der Waals surface area contributed by atoms with Gasteiger partial charge in [-0.2, -0.15) is 0 Å². The van der Waals surface area contributed by atoms with Crippen LogP contribution in [0.3, 0.4) is 0 Å². The zero-order valence-electron chi connectivity index (χ0n) is 8.97. The van der Waals surface area contributed by atoms with Crippen LogP contribution in [0.25, 0.3) is 0 Å². The molecule has 0 spiro atoms. The first-order valence-electron chi connectivity index (χ1n) is 5.17. The highest BCUT2D eigenvalue weighted by Gasteiger charge is 2.15. The van der Waals surface area contributed by atoms with Crippen molar-refractivity contribution in [1.29, 1.82) is 0 Å². The van der Waals surface area contributed by atoms with E-state index in [1.165, 1.54) is 0 Å². The van der Waals surface area contributed by atoms with Gasteiger partial charge in [-0.15, -0.1) is 0 Å². The summed E-state index contributed by atoms with van der Waals surface area (Å²) in [6, 6.07) is 7.19. The molecule has 0 saturated carbocycles. The predicted molar refractivity (Wildman–Crippen MR) is 63.4 cm³/mol. The third-order valence-electron chi connectivity index (χ3n) is 2.50. The molecule has 3 nitrogen and oxygen atoms in total. The minimum Gasteiger partial charge on any atom is -0.380 e. The normalized spacial score (nSPS) is 12.7. The number of halogens is 1. The largest absolute Gasteiger partial charge is 0.380 e. The third kappa shape index (κ3) is 2.10. The van der Waals surface area contributed by atoms with Gasteiger partial charge in [0.1, 0.15) is 11.9 Å². The van der Waals surface area contributed by atoms with Gasteiger partial charge in [-0.3, -0.25) is 0 Å². The number of hydrogen-bond donors (Lipinski definition) is 1. The molecule has 1 heterocycles. The van der Waals surface area contributed by atoms with Crippen LogP contribution in [0.1, 0.15) is 24.4 Å². The van der Waals surface area contributed by atoms with Gasteiger partial charge >= 0.3 is 0 Å². The molecule has 1 N–H and O–H groups in total. The second-order valence-corrected chi connectivity index (χ2v) is 3.97. The first-order valence-corrected chi connectivity index (χ1v) is 5.54. The molecule has 0 aliphatic heterocycles. The van der Waals surface area contributed by atoms with Gasteiger partial charge < -0.3 is 9.67 Å². The van der Waals surface area contributed by atoms with Gasteiger partial charge in [0.15, 0.2) is 0 Å². The lowest BCUT2D eigenvalue weighted by Crippen LogP contribution is -2.08. The van der Waals surface area contributed by atoms with Crippen molar-refractivity contribution in [2.45, 2.75) is 19.6 Å². The van der Waals surface area contributed by atoms with Gasteiger partial charge in [-0.1, -0.05) is 23.7 Å². The van der Waals surface area contributed by atoms with E-state index in [2.05, 4.69) is 4.98 Å². The standard InChI is InChI=1S/C12H13ClN2O/c1-2-15-7-6-14-12(15)11(16)9-4-3-5-10(13)8-9/h3-8,11,16H,2H2,1H3. The Labute approximate surface area is 99.3 Å². The molecule has 1 aromatic carbocycles. The molecule has 0 amide bonds. The highest BCUT2D eigenvalue weighted by Crippen LogP contribution is 2.22. The van der Waals surface area contributed by atoms with Crippen molar-refractivity contribution < 1.29 is 5.11 Å². The number of hydrogen-bond acceptors (Lipinski definition) is 2. The molecule has 16 heavy (non-hydrogen) atoms. The molecule has 0 aliphatic rings. The fraction of sp³-hybridized carbons (Fsp3) is 0.250. The van der Waals surface area contributed by atoms with Crippen molar-refractivity contribution in [2.24, 2.45) is 0 Å². The van der Waals surface area contributed by atoms with E-state index in [1.54, 1.807) is 18.3 Å². The smallest absolute Gasteiger partial charge is 0.142 e. The van der Waals surface area contributed by atoms with Crippen molar-refractivity contribution in [3.63, 3.8) is 0 Å². The number of aliphatic hydroxyl groups excluding tert-OH is 1. The minimum atomic E-state index is -0.728. The maximum atomic E-state index is 10.2. The number of nitrogens with zero attached hydrogens (tertiary/aromatic N) is 2. The lowest BCUT2D eigenvalue weighted by Gasteiger charge is -2.12. The molecular weight excluding hydrogens is 224 g/mol. The molecule has 0 saturated heterocycles. The number of imidazole rings is 1. The van der Waals surface area contributed by atoms with Gasteiger partial charge in [-0.05, 0) is 24.6 Å². The molecule has 0 radical (unpaired) electrons. The lowest BCUT2D eigenvalue weighted by molar-refractivity contribution is 0.205. The Hall–Kier alpha value is -1.32. The Kier molecular flexibility index (Phi) is 3.27.